The summed E-state index contributed by atoms with van der Waals surface area (Å²) in [6.45, 7) is 14.0. The van der Waals surface area contributed by atoms with Crippen molar-refractivity contribution in [2.45, 2.75) is 39.7 Å². The van der Waals surface area contributed by atoms with Gasteiger partial charge in [0.15, 0.2) is 0 Å². The van der Waals surface area contributed by atoms with E-state index in [1.807, 2.05) is 0 Å². The molecule has 1 saturated heterocycles. The number of aryl methyl sites for hydroxylation is 1. The molecule has 1 aromatic carbocycles. The highest BCUT2D eigenvalue weighted by atomic mass is 35.5. The van der Waals surface area contributed by atoms with Crippen LogP contribution in [0.1, 0.15) is 37.8 Å². The first kappa shape index (κ1) is 18.3. The van der Waals surface area contributed by atoms with Crippen LogP contribution < -0.4 is 10.1 Å². The summed E-state index contributed by atoms with van der Waals surface area (Å²) in [5.74, 6) is 1.57. The maximum Gasteiger partial charge on any atom is 0.119 e. The van der Waals surface area contributed by atoms with E-state index in [1.165, 1.54) is 11.1 Å². The van der Waals surface area contributed by atoms with Crippen LogP contribution in [-0.4, -0.2) is 43.7 Å². The van der Waals surface area contributed by atoms with Crippen LogP contribution in [0.5, 0.6) is 5.75 Å². The van der Waals surface area contributed by atoms with Crippen molar-refractivity contribution in [1.29, 1.82) is 0 Å². The van der Waals surface area contributed by atoms with E-state index in [2.05, 4.69) is 56.1 Å². The van der Waals surface area contributed by atoms with Crippen LogP contribution >= 0.6 is 12.4 Å². The van der Waals surface area contributed by atoms with E-state index in [-0.39, 0.29) is 12.4 Å². The first-order chi connectivity index (χ1) is 9.58. The fraction of sp³-hybridized carbons (Fsp3) is 0.647. The second-order valence-electron chi connectivity index (χ2n) is 6.11. The minimum Gasteiger partial charge on any atom is -0.492 e. The lowest BCUT2D eigenvalue weighted by Crippen LogP contribution is -2.50. The van der Waals surface area contributed by atoms with Crippen molar-refractivity contribution in [3.8, 4) is 5.75 Å². The van der Waals surface area contributed by atoms with E-state index < -0.39 is 0 Å². The van der Waals surface area contributed by atoms with Crippen LogP contribution in [0, 0.1) is 6.92 Å². The van der Waals surface area contributed by atoms with Crippen LogP contribution in [0.4, 0.5) is 0 Å². The van der Waals surface area contributed by atoms with Gasteiger partial charge in [0.25, 0.3) is 0 Å². The number of hydrogen-bond donors (Lipinski definition) is 1. The number of nitrogens with one attached hydrogen (secondary N) is 1. The van der Waals surface area contributed by atoms with Gasteiger partial charge in [0.05, 0.1) is 0 Å². The molecular weight excluding hydrogens is 284 g/mol. The monoisotopic (exact) mass is 312 g/mol. The highest BCUT2D eigenvalue weighted by Crippen LogP contribution is 2.23. The minimum absolute atomic E-state index is 0. The highest BCUT2D eigenvalue weighted by Gasteiger charge is 2.17. The summed E-state index contributed by atoms with van der Waals surface area (Å²) in [4.78, 5) is 2.49. The van der Waals surface area contributed by atoms with Gasteiger partial charge in [-0.1, -0.05) is 19.9 Å². The molecule has 2 rings (SSSR count). The minimum atomic E-state index is 0. The maximum absolute atomic E-state index is 5.91. The Kier molecular flexibility index (Phi) is 7.50. The summed E-state index contributed by atoms with van der Waals surface area (Å²) in [6, 6.07) is 7.07. The van der Waals surface area contributed by atoms with Gasteiger partial charge < -0.3 is 10.1 Å². The lowest BCUT2D eigenvalue weighted by atomic mass is 9.98. The molecule has 1 aromatic rings. The zero-order chi connectivity index (χ0) is 14.5. The Morgan fingerprint density at radius 3 is 2.76 bits per heavy atom. The van der Waals surface area contributed by atoms with Crippen LogP contribution in [-0.2, 0) is 0 Å². The van der Waals surface area contributed by atoms with Crippen molar-refractivity contribution in [2.24, 2.45) is 0 Å². The molecule has 1 fully saturated rings. The van der Waals surface area contributed by atoms with Gasteiger partial charge in [-0.2, -0.15) is 0 Å². The molecular formula is C17H29ClN2O. The van der Waals surface area contributed by atoms with Crippen molar-refractivity contribution < 1.29 is 4.74 Å². The zero-order valence-electron chi connectivity index (χ0n) is 13.7. The standard InChI is InChI=1S/C17H28N2O.ClH/c1-13(2)17-6-5-16(11-14(17)3)20-10-9-19-8-7-18-12-15(19)4;/h5-6,11,13,15,18H,7-10,12H2,1-4H3;1H/t15-;/m0./s1. The first-order valence-corrected chi connectivity index (χ1v) is 7.76. The van der Waals surface area contributed by atoms with E-state index in [4.69, 9.17) is 4.74 Å². The molecule has 0 radical (unpaired) electrons. The normalized spacial score (nSPS) is 19.4. The molecule has 0 amide bonds. The second kappa shape index (κ2) is 8.62. The summed E-state index contributed by atoms with van der Waals surface area (Å²) in [7, 11) is 0. The molecule has 0 unspecified atom stereocenters. The number of piperazine rings is 1. The fourth-order valence-corrected chi connectivity index (χ4v) is 2.88. The fourth-order valence-electron chi connectivity index (χ4n) is 2.88. The van der Waals surface area contributed by atoms with Crippen molar-refractivity contribution in [3.63, 3.8) is 0 Å². The number of halogens is 1. The second-order valence-corrected chi connectivity index (χ2v) is 6.11. The topological polar surface area (TPSA) is 24.5 Å². The number of rotatable bonds is 5. The summed E-state index contributed by atoms with van der Waals surface area (Å²) in [6.07, 6.45) is 0. The molecule has 1 aliphatic rings. The molecule has 0 saturated carbocycles. The third kappa shape index (κ3) is 5.17. The Morgan fingerprint density at radius 2 is 2.14 bits per heavy atom. The molecule has 4 heteroatoms. The number of nitrogens with zero attached hydrogens (tertiary/aromatic N) is 1. The SMILES string of the molecule is Cc1cc(OCCN2CCNC[C@@H]2C)ccc1C(C)C.Cl. The predicted octanol–water partition coefficient (Wildman–Crippen LogP) is 3.21. The molecule has 0 aromatic heterocycles. The van der Waals surface area contributed by atoms with Crippen molar-refractivity contribution >= 4 is 12.4 Å². The molecule has 1 N–H and O–H groups in total. The first-order valence-electron chi connectivity index (χ1n) is 7.76. The summed E-state index contributed by atoms with van der Waals surface area (Å²) >= 11 is 0. The van der Waals surface area contributed by atoms with Gasteiger partial charge in [-0.3, -0.25) is 4.90 Å². The van der Waals surface area contributed by atoms with E-state index in [9.17, 15) is 0 Å². The maximum atomic E-state index is 5.91. The van der Waals surface area contributed by atoms with Gasteiger partial charge >= 0.3 is 0 Å². The quantitative estimate of drug-likeness (QED) is 0.903. The third-order valence-corrected chi connectivity index (χ3v) is 4.15. The average molecular weight is 313 g/mol. The van der Waals surface area contributed by atoms with Crippen LogP contribution in [0.3, 0.4) is 0 Å². The van der Waals surface area contributed by atoms with E-state index >= 15 is 0 Å². The molecule has 21 heavy (non-hydrogen) atoms. The smallest absolute Gasteiger partial charge is 0.119 e. The Balaban J connectivity index is 0.00000220. The van der Waals surface area contributed by atoms with Gasteiger partial charge in [0.1, 0.15) is 12.4 Å². The van der Waals surface area contributed by atoms with E-state index in [0.717, 1.165) is 38.5 Å². The number of benzene rings is 1. The van der Waals surface area contributed by atoms with Crippen molar-refractivity contribution in [3.05, 3.63) is 29.3 Å². The number of ether oxygens (including phenoxy) is 1. The van der Waals surface area contributed by atoms with Crippen LogP contribution in [0.2, 0.25) is 0 Å². The molecule has 0 spiro atoms. The Labute approximate surface area is 135 Å². The Bertz CT molecular complexity index is 437. The van der Waals surface area contributed by atoms with Crippen molar-refractivity contribution in [2.75, 3.05) is 32.8 Å². The molecule has 1 atom stereocenters. The summed E-state index contributed by atoms with van der Waals surface area (Å²) in [5, 5.41) is 3.41. The molecule has 1 aliphatic heterocycles. The van der Waals surface area contributed by atoms with Crippen LogP contribution in [0.15, 0.2) is 18.2 Å². The van der Waals surface area contributed by atoms with Crippen LogP contribution in [0.25, 0.3) is 0 Å². The molecule has 0 bridgehead atoms. The van der Waals surface area contributed by atoms with Gasteiger partial charge in [-0.25, -0.2) is 0 Å². The third-order valence-electron chi connectivity index (χ3n) is 4.15. The molecule has 1 heterocycles. The number of hydrogen-bond acceptors (Lipinski definition) is 3. The molecule has 0 aliphatic carbocycles. The molecule has 3 nitrogen and oxygen atoms in total. The van der Waals surface area contributed by atoms with Crippen molar-refractivity contribution in [1.82, 2.24) is 10.2 Å². The lowest BCUT2D eigenvalue weighted by molar-refractivity contribution is 0.143. The highest BCUT2D eigenvalue weighted by molar-refractivity contribution is 5.85. The predicted molar refractivity (Wildman–Crippen MR) is 91.9 cm³/mol. The van der Waals surface area contributed by atoms with E-state index in [0.29, 0.717) is 12.0 Å². The van der Waals surface area contributed by atoms with E-state index in [1.54, 1.807) is 0 Å². The lowest BCUT2D eigenvalue weighted by Gasteiger charge is -2.33. The zero-order valence-corrected chi connectivity index (χ0v) is 14.5. The summed E-state index contributed by atoms with van der Waals surface area (Å²) in [5.41, 5.74) is 2.74. The van der Waals surface area contributed by atoms with Gasteiger partial charge in [0.2, 0.25) is 0 Å². The van der Waals surface area contributed by atoms with Gasteiger partial charge in [-0.05, 0) is 43.0 Å². The Hall–Kier alpha value is -0.770. The summed E-state index contributed by atoms with van der Waals surface area (Å²) < 4.78 is 5.91. The molecule has 120 valence electrons. The largest absolute Gasteiger partial charge is 0.492 e. The van der Waals surface area contributed by atoms with Gasteiger partial charge in [0, 0.05) is 32.2 Å². The van der Waals surface area contributed by atoms with Gasteiger partial charge in [-0.15, -0.1) is 12.4 Å². The Morgan fingerprint density at radius 1 is 1.38 bits per heavy atom. The average Bonchev–Trinajstić information content (AvgIpc) is 2.40.